The summed E-state index contributed by atoms with van der Waals surface area (Å²) in [5.41, 5.74) is 2.04. The topological polar surface area (TPSA) is 89.2 Å². The molecule has 0 saturated carbocycles. The van der Waals surface area contributed by atoms with Crippen LogP contribution in [0, 0.1) is 6.92 Å². The van der Waals surface area contributed by atoms with Gasteiger partial charge in [0.25, 0.3) is 5.91 Å². The fraction of sp³-hybridized carbons (Fsp3) is 0.385. The van der Waals surface area contributed by atoms with Crippen molar-refractivity contribution in [1.29, 1.82) is 0 Å². The number of nitrogens with zero attached hydrogens (tertiary/aromatic N) is 1. The molecule has 4 rings (SSSR count). The molecule has 1 N–H and O–H groups in total. The quantitative estimate of drug-likeness (QED) is 0.490. The Morgan fingerprint density at radius 1 is 1.06 bits per heavy atom. The standard InChI is InChI=1S/C26H29NO6/c1-4-6-13-32-20-10-8-17(15-21(20)31-5-2)23-22-24(29)18-14-16(3)7-9-19(18)33-25(22)26(30)27(23)11-12-28/h7-10,14-15,23,28H,4-6,11-13H2,1-3H3. The van der Waals surface area contributed by atoms with Crippen molar-refractivity contribution in [3.63, 3.8) is 0 Å². The predicted octanol–water partition coefficient (Wildman–Crippen LogP) is 4.22. The number of aliphatic hydroxyl groups is 1. The molecule has 0 aliphatic carbocycles. The summed E-state index contributed by atoms with van der Waals surface area (Å²) in [6.45, 7) is 6.74. The zero-order chi connectivity index (χ0) is 23.5. The van der Waals surface area contributed by atoms with Crippen molar-refractivity contribution in [2.75, 3.05) is 26.4 Å². The molecule has 2 aromatic carbocycles. The molecule has 1 aliphatic rings. The molecule has 0 spiro atoms. The van der Waals surface area contributed by atoms with Gasteiger partial charge in [-0.1, -0.05) is 31.0 Å². The first kappa shape index (κ1) is 22.9. The number of carbonyl (C=O) groups excluding carboxylic acids is 1. The molecule has 0 fully saturated rings. The highest BCUT2D eigenvalue weighted by Gasteiger charge is 2.42. The zero-order valence-electron chi connectivity index (χ0n) is 19.2. The molecule has 0 radical (unpaired) electrons. The van der Waals surface area contributed by atoms with E-state index >= 15 is 0 Å². The van der Waals surface area contributed by atoms with Crippen LogP contribution in [0.15, 0.2) is 45.6 Å². The summed E-state index contributed by atoms with van der Waals surface area (Å²) >= 11 is 0. The number of β-amino-alcohol motifs (C(OH)–C–C–N with tert-alkyl or cyclic N) is 1. The van der Waals surface area contributed by atoms with Crippen molar-refractivity contribution in [3.8, 4) is 11.5 Å². The third-order valence-corrected chi connectivity index (χ3v) is 5.80. The predicted molar refractivity (Wildman–Crippen MR) is 125 cm³/mol. The smallest absolute Gasteiger partial charge is 0.290 e. The Hall–Kier alpha value is -3.32. The molecular formula is C26H29NO6. The van der Waals surface area contributed by atoms with E-state index in [2.05, 4.69) is 6.92 Å². The van der Waals surface area contributed by atoms with Crippen LogP contribution in [0.1, 0.15) is 60.0 Å². The van der Waals surface area contributed by atoms with Crippen LogP contribution in [0.5, 0.6) is 11.5 Å². The second kappa shape index (κ2) is 9.67. The first-order chi connectivity index (χ1) is 16.0. The number of unbranched alkanes of at least 4 members (excludes halogenated alkanes) is 1. The fourth-order valence-corrected chi connectivity index (χ4v) is 4.23. The Labute approximate surface area is 192 Å². The summed E-state index contributed by atoms with van der Waals surface area (Å²) in [6, 6.07) is 10.1. The van der Waals surface area contributed by atoms with Crippen LogP contribution in [-0.2, 0) is 0 Å². The van der Waals surface area contributed by atoms with Crippen molar-refractivity contribution in [1.82, 2.24) is 4.90 Å². The Bertz CT molecular complexity index is 1230. The van der Waals surface area contributed by atoms with E-state index in [0.29, 0.717) is 41.2 Å². The van der Waals surface area contributed by atoms with Crippen molar-refractivity contribution < 1.29 is 23.8 Å². The summed E-state index contributed by atoms with van der Waals surface area (Å²) in [5.74, 6) is 0.784. The summed E-state index contributed by atoms with van der Waals surface area (Å²) in [4.78, 5) is 28.2. The molecule has 2 heterocycles. The van der Waals surface area contributed by atoms with Gasteiger partial charge in [0.05, 0.1) is 36.8 Å². The maximum Gasteiger partial charge on any atom is 0.290 e. The summed E-state index contributed by atoms with van der Waals surface area (Å²) in [6.07, 6.45) is 1.94. The molecule has 1 aliphatic heterocycles. The van der Waals surface area contributed by atoms with Crippen molar-refractivity contribution in [3.05, 3.63) is 69.1 Å². The van der Waals surface area contributed by atoms with E-state index in [1.807, 2.05) is 38.1 Å². The van der Waals surface area contributed by atoms with Gasteiger partial charge in [0.15, 0.2) is 16.9 Å². The van der Waals surface area contributed by atoms with Gasteiger partial charge in [-0.05, 0) is 50.1 Å². The third kappa shape index (κ3) is 4.20. The van der Waals surface area contributed by atoms with Crippen LogP contribution >= 0.6 is 0 Å². The number of aliphatic hydroxyl groups excluding tert-OH is 1. The zero-order valence-corrected chi connectivity index (χ0v) is 19.2. The minimum Gasteiger partial charge on any atom is -0.490 e. The number of fused-ring (bicyclic) bond motifs is 2. The lowest BCUT2D eigenvalue weighted by atomic mass is 9.97. The largest absolute Gasteiger partial charge is 0.490 e. The average molecular weight is 452 g/mol. The molecule has 1 aromatic heterocycles. The van der Waals surface area contributed by atoms with E-state index < -0.39 is 11.9 Å². The van der Waals surface area contributed by atoms with Crippen LogP contribution in [-0.4, -0.2) is 42.3 Å². The van der Waals surface area contributed by atoms with E-state index in [-0.39, 0.29) is 29.9 Å². The van der Waals surface area contributed by atoms with Crippen molar-refractivity contribution in [2.24, 2.45) is 0 Å². The highest BCUT2D eigenvalue weighted by atomic mass is 16.5. The van der Waals surface area contributed by atoms with Crippen LogP contribution in [0.3, 0.4) is 0 Å². The number of aryl methyl sites for hydroxylation is 1. The molecule has 174 valence electrons. The van der Waals surface area contributed by atoms with E-state index in [4.69, 9.17) is 13.9 Å². The van der Waals surface area contributed by atoms with Crippen molar-refractivity contribution in [2.45, 2.75) is 39.7 Å². The second-order valence-corrected chi connectivity index (χ2v) is 8.14. The molecule has 7 heteroatoms. The van der Waals surface area contributed by atoms with Crippen LogP contribution in [0.4, 0.5) is 0 Å². The van der Waals surface area contributed by atoms with Gasteiger partial charge in [0, 0.05) is 6.54 Å². The van der Waals surface area contributed by atoms with Crippen molar-refractivity contribution >= 4 is 16.9 Å². The molecule has 1 atom stereocenters. The normalized spacial score (nSPS) is 15.2. The van der Waals surface area contributed by atoms with Gasteiger partial charge in [-0.2, -0.15) is 0 Å². The SMILES string of the molecule is CCCCOc1ccc(C2c3c(oc4ccc(C)cc4c3=O)C(=O)N2CCO)cc1OCC. The Morgan fingerprint density at radius 3 is 2.61 bits per heavy atom. The highest BCUT2D eigenvalue weighted by molar-refractivity contribution is 5.99. The van der Waals surface area contributed by atoms with E-state index in [0.717, 1.165) is 18.4 Å². The maximum atomic E-state index is 13.5. The van der Waals surface area contributed by atoms with Crippen LogP contribution in [0.25, 0.3) is 11.0 Å². The summed E-state index contributed by atoms with van der Waals surface area (Å²) < 4.78 is 17.6. The highest BCUT2D eigenvalue weighted by Crippen LogP contribution is 2.41. The molecule has 0 bridgehead atoms. The van der Waals surface area contributed by atoms with Gasteiger partial charge in [-0.3, -0.25) is 9.59 Å². The lowest BCUT2D eigenvalue weighted by molar-refractivity contribution is 0.0691. The molecule has 33 heavy (non-hydrogen) atoms. The Morgan fingerprint density at radius 2 is 1.88 bits per heavy atom. The number of hydrogen-bond acceptors (Lipinski definition) is 6. The summed E-state index contributed by atoms with van der Waals surface area (Å²) in [5, 5.41) is 10.1. The van der Waals surface area contributed by atoms with Gasteiger partial charge in [-0.15, -0.1) is 0 Å². The van der Waals surface area contributed by atoms with Gasteiger partial charge in [0.2, 0.25) is 5.76 Å². The first-order valence-corrected chi connectivity index (χ1v) is 11.4. The lowest BCUT2D eigenvalue weighted by Gasteiger charge is -2.25. The van der Waals surface area contributed by atoms with Crippen LogP contribution < -0.4 is 14.9 Å². The molecule has 7 nitrogen and oxygen atoms in total. The number of rotatable bonds is 9. The molecule has 3 aromatic rings. The monoisotopic (exact) mass is 451 g/mol. The number of hydrogen-bond donors (Lipinski definition) is 1. The minimum atomic E-state index is -0.690. The fourth-order valence-electron chi connectivity index (χ4n) is 4.23. The van der Waals surface area contributed by atoms with Gasteiger partial charge in [-0.25, -0.2) is 0 Å². The third-order valence-electron chi connectivity index (χ3n) is 5.80. The molecular weight excluding hydrogens is 422 g/mol. The number of amides is 1. The maximum absolute atomic E-state index is 13.5. The van der Waals surface area contributed by atoms with E-state index in [1.54, 1.807) is 12.1 Å². The Balaban J connectivity index is 1.86. The minimum absolute atomic E-state index is 0.0241. The van der Waals surface area contributed by atoms with Gasteiger partial charge >= 0.3 is 0 Å². The molecule has 1 amide bonds. The van der Waals surface area contributed by atoms with Crippen LogP contribution in [0.2, 0.25) is 0 Å². The second-order valence-electron chi connectivity index (χ2n) is 8.14. The number of benzene rings is 2. The van der Waals surface area contributed by atoms with E-state index in [9.17, 15) is 14.7 Å². The Kier molecular flexibility index (Phi) is 6.70. The number of ether oxygens (including phenoxy) is 2. The first-order valence-electron chi connectivity index (χ1n) is 11.4. The van der Waals surface area contributed by atoms with E-state index in [1.165, 1.54) is 4.90 Å². The van der Waals surface area contributed by atoms with Gasteiger partial charge in [0.1, 0.15) is 5.58 Å². The van der Waals surface area contributed by atoms with Gasteiger partial charge < -0.3 is 23.9 Å². The average Bonchev–Trinajstić information content (AvgIpc) is 3.08. The lowest BCUT2D eigenvalue weighted by Crippen LogP contribution is -2.32. The number of carbonyl (C=O) groups is 1. The summed E-state index contributed by atoms with van der Waals surface area (Å²) in [7, 11) is 0. The molecule has 1 unspecified atom stereocenters. The molecule has 0 saturated heterocycles.